The van der Waals surface area contributed by atoms with Gasteiger partial charge in [-0.3, -0.25) is 4.99 Å². The Morgan fingerprint density at radius 2 is 1.93 bits per heavy atom. The van der Waals surface area contributed by atoms with Gasteiger partial charge >= 0.3 is 0 Å². The molecule has 0 atom stereocenters. The summed E-state index contributed by atoms with van der Waals surface area (Å²) in [7, 11) is 1.71. The number of halogens is 1. The quantitative estimate of drug-likeness (QED) is 0.607. The first kappa shape index (κ1) is 12.6. The van der Waals surface area contributed by atoms with Crippen molar-refractivity contribution in [1.82, 2.24) is 0 Å². The molecule has 0 N–H and O–H groups in total. The lowest BCUT2D eigenvalue weighted by Gasteiger charge is -1.96. The summed E-state index contributed by atoms with van der Waals surface area (Å²) in [6.45, 7) is 7.27. The topological polar surface area (TPSA) is 12.4 Å². The summed E-state index contributed by atoms with van der Waals surface area (Å²) in [5.74, 6) is -0.155. The molecule has 0 fully saturated rings. The second-order valence-corrected chi connectivity index (χ2v) is 2.87. The monoisotopic (exact) mass is 193 g/mol. The van der Waals surface area contributed by atoms with Crippen LogP contribution in [0.15, 0.2) is 35.8 Å². The minimum atomic E-state index is -0.155. The number of hydrogen-bond donors (Lipinski definition) is 0. The van der Waals surface area contributed by atoms with Crippen LogP contribution < -0.4 is 0 Å². The van der Waals surface area contributed by atoms with Crippen LogP contribution in [0.25, 0.3) is 0 Å². The lowest BCUT2D eigenvalue weighted by atomic mass is 10.1. The van der Waals surface area contributed by atoms with Crippen molar-refractivity contribution in [2.45, 2.75) is 13.8 Å². The molecule has 2 heteroatoms. The number of hydrogen-bond acceptors (Lipinski definition) is 1. The molecule has 0 spiro atoms. The summed E-state index contributed by atoms with van der Waals surface area (Å²) >= 11 is 0. The summed E-state index contributed by atoms with van der Waals surface area (Å²) < 4.78 is 12.3. The van der Waals surface area contributed by atoms with E-state index < -0.39 is 0 Å². The van der Waals surface area contributed by atoms with Crippen LogP contribution in [0.3, 0.4) is 0 Å². The fourth-order valence-electron chi connectivity index (χ4n) is 0.810. The van der Waals surface area contributed by atoms with Gasteiger partial charge in [-0.2, -0.15) is 0 Å². The lowest BCUT2D eigenvalue weighted by molar-refractivity contribution is 0.626. The molecule has 0 bridgehead atoms. The van der Waals surface area contributed by atoms with Crippen molar-refractivity contribution in [3.63, 3.8) is 0 Å². The van der Waals surface area contributed by atoms with E-state index in [0.29, 0.717) is 0 Å². The van der Waals surface area contributed by atoms with E-state index in [2.05, 4.69) is 11.6 Å². The molecule has 0 radical (unpaired) electrons. The minimum absolute atomic E-state index is 0.155. The molecule has 0 amide bonds. The van der Waals surface area contributed by atoms with Gasteiger partial charge in [0.25, 0.3) is 0 Å². The number of aliphatic imine (C=N–C) groups is 1. The van der Waals surface area contributed by atoms with Crippen LogP contribution in [0, 0.1) is 19.7 Å². The van der Waals surface area contributed by atoms with Gasteiger partial charge in [0.2, 0.25) is 0 Å². The Hall–Kier alpha value is -1.44. The summed E-state index contributed by atoms with van der Waals surface area (Å²) in [4.78, 5) is 3.61. The molecule has 1 aromatic carbocycles. The fraction of sp³-hybridized carbons (Fsp3) is 0.250. The highest BCUT2D eigenvalue weighted by atomic mass is 19.1. The second kappa shape index (κ2) is 7.01. The van der Waals surface area contributed by atoms with Crippen LogP contribution >= 0.6 is 0 Å². The molecule has 76 valence electrons. The Balaban J connectivity index is 0.000000292. The van der Waals surface area contributed by atoms with Gasteiger partial charge in [-0.15, -0.1) is 0 Å². The largest absolute Gasteiger partial charge is 0.297 e. The minimum Gasteiger partial charge on any atom is -0.297 e. The molecule has 1 aromatic rings. The Kier molecular flexibility index (Phi) is 6.29. The third kappa shape index (κ3) is 5.25. The number of aryl methyl sites for hydroxylation is 2. The van der Waals surface area contributed by atoms with Gasteiger partial charge in [0.15, 0.2) is 0 Å². The highest BCUT2D eigenvalue weighted by Crippen LogP contribution is 2.07. The number of rotatable bonds is 1. The Bertz CT molecular complexity index is 316. The smallest absolute Gasteiger partial charge is 0.123 e. The van der Waals surface area contributed by atoms with Crippen molar-refractivity contribution in [3.8, 4) is 0 Å². The van der Waals surface area contributed by atoms with E-state index in [-0.39, 0.29) is 5.82 Å². The predicted octanol–water partition coefficient (Wildman–Crippen LogP) is 3.32. The maximum atomic E-state index is 12.3. The molecule has 1 rings (SSSR count). The Morgan fingerprint density at radius 1 is 1.29 bits per heavy atom. The maximum Gasteiger partial charge on any atom is 0.123 e. The van der Waals surface area contributed by atoms with Crippen LogP contribution in [-0.2, 0) is 0 Å². The first-order valence-corrected chi connectivity index (χ1v) is 4.37. The van der Waals surface area contributed by atoms with Crippen LogP contribution in [0.4, 0.5) is 4.39 Å². The van der Waals surface area contributed by atoms with Crippen LogP contribution in [-0.4, -0.2) is 13.3 Å². The molecule has 0 saturated carbocycles. The van der Waals surface area contributed by atoms with Gasteiger partial charge in [-0.05, 0) is 37.1 Å². The van der Waals surface area contributed by atoms with Crippen LogP contribution in [0.1, 0.15) is 11.1 Å². The molecule has 0 aliphatic carbocycles. The van der Waals surface area contributed by atoms with E-state index in [0.717, 1.165) is 11.1 Å². The highest BCUT2D eigenvalue weighted by molar-refractivity contribution is 5.69. The van der Waals surface area contributed by atoms with Gasteiger partial charge in [0, 0.05) is 13.3 Å². The average molecular weight is 193 g/mol. The molecule has 0 unspecified atom stereocenters. The van der Waals surface area contributed by atoms with Crippen molar-refractivity contribution >= 4 is 6.21 Å². The number of benzene rings is 1. The molecular formula is C12H16FN. The summed E-state index contributed by atoms with van der Waals surface area (Å²) in [6, 6.07) is 4.79. The van der Waals surface area contributed by atoms with E-state index >= 15 is 0 Å². The molecule has 14 heavy (non-hydrogen) atoms. The van der Waals surface area contributed by atoms with Crippen LogP contribution in [0.2, 0.25) is 0 Å². The third-order valence-electron chi connectivity index (χ3n) is 1.72. The fourth-order valence-corrected chi connectivity index (χ4v) is 0.810. The van der Waals surface area contributed by atoms with Gasteiger partial charge in [0.05, 0.1) is 0 Å². The van der Waals surface area contributed by atoms with Crippen molar-refractivity contribution < 1.29 is 4.39 Å². The molecule has 0 heterocycles. The van der Waals surface area contributed by atoms with Crippen LogP contribution in [0.5, 0.6) is 0 Å². The van der Waals surface area contributed by atoms with E-state index in [4.69, 9.17) is 0 Å². The zero-order valence-corrected chi connectivity index (χ0v) is 8.92. The van der Waals surface area contributed by atoms with Crippen molar-refractivity contribution in [2.24, 2.45) is 4.99 Å². The zero-order valence-electron chi connectivity index (χ0n) is 8.92. The average Bonchev–Trinajstić information content (AvgIpc) is 2.14. The van der Waals surface area contributed by atoms with Gasteiger partial charge < -0.3 is 0 Å². The maximum absolute atomic E-state index is 12.3. The standard InChI is InChI=1S/C8H9F.C4H7N/c1-6-3-4-8(9)5-7(6)2;1-3-4-5-2/h3-5H,1-2H3;3-4H,1H2,2H3. The molecule has 0 aliphatic rings. The summed E-state index contributed by atoms with van der Waals surface area (Å²) in [6.07, 6.45) is 3.28. The predicted molar refractivity (Wildman–Crippen MR) is 60.5 cm³/mol. The second-order valence-electron chi connectivity index (χ2n) is 2.87. The highest BCUT2D eigenvalue weighted by Gasteiger charge is 1.91. The number of allylic oxidation sites excluding steroid dienone is 1. The summed E-state index contributed by atoms with van der Waals surface area (Å²) in [5, 5.41) is 0. The van der Waals surface area contributed by atoms with Crippen molar-refractivity contribution in [1.29, 1.82) is 0 Å². The first-order valence-electron chi connectivity index (χ1n) is 4.37. The molecule has 0 aliphatic heterocycles. The lowest BCUT2D eigenvalue weighted by Crippen LogP contribution is -1.80. The zero-order chi connectivity index (χ0) is 11.0. The summed E-state index contributed by atoms with van der Waals surface area (Å²) in [5.41, 5.74) is 2.14. The normalized spacial score (nSPS) is 9.43. The van der Waals surface area contributed by atoms with E-state index in [1.54, 1.807) is 25.4 Å². The molecule has 1 nitrogen and oxygen atoms in total. The van der Waals surface area contributed by atoms with E-state index in [1.807, 2.05) is 13.8 Å². The van der Waals surface area contributed by atoms with Gasteiger partial charge in [-0.25, -0.2) is 4.39 Å². The van der Waals surface area contributed by atoms with E-state index in [1.165, 1.54) is 12.1 Å². The van der Waals surface area contributed by atoms with Crippen molar-refractivity contribution in [2.75, 3.05) is 7.05 Å². The molecule has 0 saturated heterocycles. The Labute approximate surface area is 85.0 Å². The molecule has 0 aromatic heterocycles. The SMILES string of the molecule is C=CC=NC.Cc1ccc(F)cc1C. The van der Waals surface area contributed by atoms with Gasteiger partial charge in [0.1, 0.15) is 5.82 Å². The number of nitrogens with zero attached hydrogens (tertiary/aromatic N) is 1. The Morgan fingerprint density at radius 3 is 2.21 bits per heavy atom. The first-order chi connectivity index (χ1) is 6.61. The van der Waals surface area contributed by atoms with Gasteiger partial charge in [-0.1, -0.05) is 18.7 Å². The van der Waals surface area contributed by atoms with E-state index in [9.17, 15) is 4.39 Å². The van der Waals surface area contributed by atoms with Crippen molar-refractivity contribution in [3.05, 3.63) is 47.8 Å². The molecular weight excluding hydrogens is 177 g/mol. The third-order valence-corrected chi connectivity index (χ3v) is 1.72.